The van der Waals surface area contributed by atoms with E-state index >= 15 is 0 Å². The summed E-state index contributed by atoms with van der Waals surface area (Å²) in [5, 5.41) is 4.04. The second kappa shape index (κ2) is 9.70. The van der Waals surface area contributed by atoms with Gasteiger partial charge < -0.3 is 4.57 Å². The molecule has 2 aromatic carbocycles. The number of aryl methyl sites for hydroxylation is 2. The van der Waals surface area contributed by atoms with Crippen molar-refractivity contribution in [2.45, 2.75) is 20.8 Å². The van der Waals surface area contributed by atoms with Crippen molar-refractivity contribution >= 4 is 43.8 Å². The maximum atomic E-state index is 12.4. The van der Waals surface area contributed by atoms with E-state index in [2.05, 4.69) is 55.3 Å². The molecule has 0 unspecified atom stereocenters. The van der Waals surface area contributed by atoms with Crippen LogP contribution in [0, 0.1) is 20.8 Å². The second-order valence-corrected chi connectivity index (χ2v) is 10.4. The Balaban J connectivity index is 1.73. The molecule has 0 bridgehead atoms. The monoisotopic (exact) mass is 516 g/mol. The van der Waals surface area contributed by atoms with Gasteiger partial charge in [0.25, 0.3) is 5.91 Å². The summed E-state index contributed by atoms with van der Waals surface area (Å²) in [4.78, 5) is 12.4. The molecule has 7 nitrogen and oxygen atoms in total. The number of nitrogens with one attached hydrogen (secondary N) is 1. The molecule has 0 aliphatic carbocycles. The van der Waals surface area contributed by atoms with Crippen molar-refractivity contribution in [2.24, 2.45) is 5.10 Å². The summed E-state index contributed by atoms with van der Waals surface area (Å²) in [7, 11) is -3.64. The van der Waals surface area contributed by atoms with Crippen LogP contribution >= 0.6 is 15.9 Å². The maximum Gasteiger partial charge on any atom is 0.260 e. The summed E-state index contributed by atoms with van der Waals surface area (Å²) in [6.07, 6.45) is 2.63. The number of hydrogen-bond donors (Lipinski definition) is 1. The Morgan fingerprint density at radius 2 is 1.72 bits per heavy atom. The lowest BCUT2D eigenvalue weighted by Gasteiger charge is -2.21. The van der Waals surface area contributed by atoms with E-state index in [1.54, 1.807) is 30.5 Å². The average Bonchev–Trinajstić information content (AvgIpc) is 3.00. The molecule has 0 aliphatic heterocycles. The lowest BCUT2D eigenvalue weighted by molar-refractivity contribution is -0.119. The first-order valence-corrected chi connectivity index (χ1v) is 12.5. The first-order chi connectivity index (χ1) is 15.1. The zero-order chi connectivity index (χ0) is 23.5. The summed E-state index contributed by atoms with van der Waals surface area (Å²) >= 11 is 3.31. The molecule has 0 radical (unpaired) electrons. The van der Waals surface area contributed by atoms with E-state index in [9.17, 15) is 13.2 Å². The molecule has 3 aromatic rings. The van der Waals surface area contributed by atoms with Gasteiger partial charge >= 0.3 is 0 Å². The number of hydrogen-bond acceptors (Lipinski definition) is 4. The van der Waals surface area contributed by atoms with Gasteiger partial charge in [-0.2, -0.15) is 5.10 Å². The number of anilines is 1. The van der Waals surface area contributed by atoms with Crippen LogP contribution in [0.4, 0.5) is 5.69 Å². The number of sulfonamides is 1. The van der Waals surface area contributed by atoms with Crippen LogP contribution < -0.4 is 9.73 Å². The lowest BCUT2D eigenvalue weighted by atomic mass is 10.2. The Morgan fingerprint density at radius 1 is 1.09 bits per heavy atom. The van der Waals surface area contributed by atoms with Gasteiger partial charge in [-0.05, 0) is 63.2 Å². The zero-order valence-corrected chi connectivity index (χ0v) is 20.7. The van der Waals surface area contributed by atoms with Crippen LogP contribution in [-0.4, -0.2) is 37.9 Å². The minimum Gasteiger partial charge on any atom is -0.318 e. The summed E-state index contributed by atoms with van der Waals surface area (Å²) < 4.78 is 28.3. The maximum absolute atomic E-state index is 12.4. The van der Waals surface area contributed by atoms with Crippen molar-refractivity contribution in [1.29, 1.82) is 0 Å². The third-order valence-corrected chi connectivity index (χ3v) is 6.63. The van der Waals surface area contributed by atoms with Crippen molar-refractivity contribution in [1.82, 2.24) is 9.99 Å². The van der Waals surface area contributed by atoms with Crippen LogP contribution in [0.3, 0.4) is 0 Å². The van der Waals surface area contributed by atoms with Crippen LogP contribution in [0.5, 0.6) is 0 Å². The molecule has 168 valence electrons. The Kier molecular flexibility index (Phi) is 7.20. The van der Waals surface area contributed by atoms with Crippen LogP contribution in [0.15, 0.2) is 64.2 Å². The number of hydrazone groups is 1. The van der Waals surface area contributed by atoms with Crippen LogP contribution in [0.2, 0.25) is 0 Å². The van der Waals surface area contributed by atoms with Gasteiger partial charge in [0, 0.05) is 27.1 Å². The molecular formula is C23H25BrN4O3S. The number of aromatic nitrogens is 1. The molecule has 0 saturated carbocycles. The topological polar surface area (TPSA) is 83.8 Å². The largest absolute Gasteiger partial charge is 0.318 e. The molecule has 0 aliphatic rings. The molecule has 1 heterocycles. The standard InChI is InChI=1S/C23H25BrN4O3S/c1-16-5-9-22(10-6-16)28-17(2)13-19(18(28)3)14-25-26-23(29)15-27(32(4,30)31)21-11-7-20(24)8-12-21/h5-14H,15H2,1-4H3,(H,26,29)/b25-14-. The molecule has 1 aromatic heterocycles. The van der Waals surface area contributed by atoms with E-state index in [-0.39, 0.29) is 6.54 Å². The highest BCUT2D eigenvalue weighted by Crippen LogP contribution is 2.21. The minimum absolute atomic E-state index is 0.375. The van der Waals surface area contributed by atoms with Gasteiger partial charge in [0.05, 0.1) is 18.2 Å². The Labute approximate surface area is 196 Å². The minimum atomic E-state index is -3.64. The van der Waals surface area contributed by atoms with E-state index in [4.69, 9.17) is 0 Å². The van der Waals surface area contributed by atoms with Gasteiger partial charge in [-0.3, -0.25) is 9.10 Å². The number of benzene rings is 2. The summed E-state index contributed by atoms with van der Waals surface area (Å²) in [6, 6.07) is 16.9. The van der Waals surface area contributed by atoms with Crippen molar-refractivity contribution in [2.75, 3.05) is 17.1 Å². The predicted octanol–water partition coefficient (Wildman–Crippen LogP) is 4.08. The molecule has 1 amide bonds. The van der Waals surface area contributed by atoms with Gasteiger partial charge in [0.2, 0.25) is 10.0 Å². The van der Waals surface area contributed by atoms with Crippen molar-refractivity contribution in [3.63, 3.8) is 0 Å². The molecule has 0 atom stereocenters. The van der Waals surface area contributed by atoms with Gasteiger partial charge in [-0.1, -0.05) is 33.6 Å². The Bertz CT molecular complexity index is 1250. The third-order valence-electron chi connectivity index (χ3n) is 4.96. The molecule has 0 spiro atoms. The smallest absolute Gasteiger partial charge is 0.260 e. The highest BCUT2D eigenvalue weighted by molar-refractivity contribution is 9.10. The molecule has 1 N–H and O–H groups in total. The Morgan fingerprint density at radius 3 is 2.31 bits per heavy atom. The van der Waals surface area contributed by atoms with Crippen molar-refractivity contribution < 1.29 is 13.2 Å². The van der Waals surface area contributed by atoms with E-state index in [1.165, 1.54) is 5.56 Å². The number of nitrogens with zero attached hydrogens (tertiary/aromatic N) is 3. The average molecular weight is 517 g/mol. The van der Waals surface area contributed by atoms with Gasteiger partial charge in [0.1, 0.15) is 6.54 Å². The van der Waals surface area contributed by atoms with Crippen molar-refractivity contribution in [3.8, 4) is 5.69 Å². The molecule has 0 saturated heterocycles. The summed E-state index contributed by atoms with van der Waals surface area (Å²) in [6.45, 7) is 5.65. The van der Waals surface area contributed by atoms with E-state index < -0.39 is 15.9 Å². The zero-order valence-electron chi connectivity index (χ0n) is 18.3. The second-order valence-electron chi connectivity index (χ2n) is 7.54. The summed E-state index contributed by atoms with van der Waals surface area (Å²) in [5.41, 5.74) is 7.94. The highest BCUT2D eigenvalue weighted by atomic mass is 79.9. The molecule has 9 heteroatoms. The number of amides is 1. The predicted molar refractivity (Wildman–Crippen MR) is 132 cm³/mol. The first-order valence-electron chi connectivity index (χ1n) is 9.87. The van der Waals surface area contributed by atoms with Gasteiger partial charge in [-0.25, -0.2) is 13.8 Å². The van der Waals surface area contributed by atoms with Crippen LogP contribution in [0.25, 0.3) is 5.69 Å². The SMILES string of the molecule is Cc1ccc(-n2c(C)cc(/C=N\NC(=O)CN(c3ccc(Br)cc3)S(C)(=O)=O)c2C)cc1. The number of halogens is 1. The molecular weight excluding hydrogens is 492 g/mol. The number of rotatable bonds is 7. The van der Waals surface area contributed by atoms with E-state index in [0.29, 0.717) is 5.69 Å². The van der Waals surface area contributed by atoms with E-state index in [0.717, 1.165) is 37.7 Å². The number of carbonyl (C=O) groups excluding carboxylic acids is 1. The van der Waals surface area contributed by atoms with Gasteiger partial charge in [-0.15, -0.1) is 0 Å². The highest BCUT2D eigenvalue weighted by Gasteiger charge is 2.20. The normalized spacial score (nSPS) is 11.7. The lowest BCUT2D eigenvalue weighted by Crippen LogP contribution is -2.39. The fraction of sp³-hybridized carbons (Fsp3) is 0.217. The first kappa shape index (κ1) is 23.7. The van der Waals surface area contributed by atoms with Crippen LogP contribution in [-0.2, 0) is 14.8 Å². The molecule has 0 fully saturated rings. The summed E-state index contributed by atoms with van der Waals surface area (Å²) in [5.74, 6) is -0.540. The molecule has 3 rings (SSSR count). The third kappa shape index (κ3) is 5.66. The molecule has 32 heavy (non-hydrogen) atoms. The van der Waals surface area contributed by atoms with E-state index in [1.807, 2.05) is 26.8 Å². The van der Waals surface area contributed by atoms with Gasteiger partial charge in [0.15, 0.2) is 0 Å². The Hall–Kier alpha value is -2.91. The number of carbonyl (C=O) groups is 1. The fourth-order valence-corrected chi connectivity index (χ4v) is 4.48. The van der Waals surface area contributed by atoms with Crippen LogP contribution in [0.1, 0.15) is 22.5 Å². The van der Waals surface area contributed by atoms with Crippen molar-refractivity contribution in [3.05, 3.63) is 81.6 Å². The fourth-order valence-electron chi connectivity index (χ4n) is 3.36. The quantitative estimate of drug-likeness (QED) is 0.379.